The molecule has 1 rings (SSSR count). The molecule has 0 radical (unpaired) electrons. The second-order valence-electron chi connectivity index (χ2n) is 4.31. The largest absolute Gasteiger partial charge is 0.478 e. The molecule has 0 saturated heterocycles. The maximum absolute atomic E-state index is 11.7. The van der Waals surface area contributed by atoms with Crippen LogP contribution in [0.5, 0.6) is 0 Å². The number of aromatic carboxylic acids is 1. The molecule has 0 heterocycles. The van der Waals surface area contributed by atoms with E-state index < -0.39 is 5.97 Å². The Kier molecular flexibility index (Phi) is 6.42. The van der Waals surface area contributed by atoms with Crippen LogP contribution in [0.2, 0.25) is 0 Å². The van der Waals surface area contributed by atoms with Crippen LogP contribution in [0.3, 0.4) is 0 Å². The third kappa shape index (κ3) is 5.34. The van der Waals surface area contributed by atoms with Crippen molar-refractivity contribution < 1.29 is 14.7 Å². The van der Waals surface area contributed by atoms with Gasteiger partial charge in [0.15, 0.2) is 0 Å². The molecule has 0 fully saturated rings. The third-order valence-electron chi connectivity index (χ3n) is 2.86. The van der Waals surface area contributed by atoms with Crippen molar-refractivity contribution in [3.05, 3.63) is 35.4 Å². The molecular weight excluding hydrogens is 262 g/mol. The zero-order valence-electron chi connectivity index (χ0n) is 11.2. The van der Waals surface area contributed by atoms with E-state index in [0.29, 0.717) is 30.2 Å². The van der Waals surface area contributed by atoms with E-state index in [1.165, 1.54) is 0 Å². The molecule has 1 aromatic carbocycles. The minimum absolute atomic E-state index is 0.0407. The van der Waals surface area contributed by atoms with Crippen LogP contribution in [0.25, 0.3) is 0 Å². The summed E-state index contributed by atoms with van der Waals surface area (Å²) in [4.78, 5) is 22.7. The minimum atomic E-state index is -0.952. The van der Waals surface area contributed by atoms with Crippen LogP contribution in [-0.4, -0.2) is 35.0 Å². The topological polar surface area (TPSA) is 66.4 Å². The summed E-state index contributed by atoms with van der Waals surface area (Å²) in [6.45, 7) is 2.69. The molecule has 5 heteroatoms. The van der Waals surface area contributed by atoms with Gasteiger partial charge in [-0.2, -0.15) is 11.8 Å². The fraction of sp³-hybridized carbons (Fsp3) is 0.429. The van der Waals surface area contributed by atoms with Crippen LogP contribution in [0.1, 0.15) is 29.3 Å². The van der Waals surface area contributed by atoms with E-state index in [-0.39, 0.29) is 11.5 Å². The van der Waals surface area contributed by atoms with Crippen LogP contribution in [0.4, 0.5) is 0 Å². The second-order valence-corrected chi connectivity index (χ2v) is 5.59. The smallest absolute Gasteiger partial charge is 0.335 e. The van der Waals surface area contributed by atoms with Crippen molar-refractivity contribution >= 4 is 23.6 Å². The highest BCUT2D eigenvalue weighted by molar-refractivity contribution is 7.99. The maximum atomic E-state index is 11.7. The van der Waals surface area contributed by atoms with Crippen molar-refractivity contribution in [3.63, 3.8) is 0 Å². The van der Waals surface area contributed by atoms with E-state index in [2.05, 4.69) is 5.32 Å². The zero-order valence-corrected chi connectivity index (χ0v) is 12.0. The first kappa shape index (κ1) is 15.6. The number of carbonyl (C=O) groups is 2. The van der Waals surface area contributed by atoms with Gasteiger partial charge in [0.05, 0.1) is 5.56 Å². The highest BCUT2D eigenvalue weighted by Crippen LogP contribution is 2.11. The molecule has 0 aromatic heterocycles. The Balaban J connectivity index is 2.48. The van der Waals surface area contributed by atoms with E-state index in [0.717, 1.165) is 0 Å². The summed E-state index contributed by atoms with van der Waals surface area (Å²) in [5.74, 6) is -0.992. The van der Waals surface area contributed by atoms with Gasteiger partial charge in [-0.3, -0.25) is 4.79 Å². The average molecular weight is 281 g/mol. The summed E-state index contributed by atoms with van der Waals surface area (Å²) in [6, 6.07) is 6.79. The minimum Gasteiger partial charge on any atom is -0.478 e. The molecular formula is C14H19NO3S. The number of nitrogens with one attached hydrogen (secondary N) is 1. The Bertz CT molecular complexity index is 448. The number of rotatable bonds is 7. The summed E-state index contributed by atoms with van der Waals surface area (Å²) in [5, 5.41) is 12.3. The molecule has 1 amide bonds. The Labute approximate surface area is 117 Å². The molecule has 2 N–H and O–H groups in total. The lowest BCUT2D eigenvalue weighted by atomic mass is 10.0. The highest BCUT2D eigenvalue weighted by Gasteiger charge is 2.10. The van der Waals surface area contributed by atoms with Gasteiger partial charge in [-0.15, -0.1) is 0 Å². The number of carboxylic acids is 1. The molecule has 0 bridgehead atoms. The number of aryl methyl sites for hydroxylation is 1. The number of carbonyl (C=O) groups excluding carboxylic acids is 1. The number of benzene rings is 1. The molecule has 0 aliphatic carbocycles. The highest BCUT2D eigenvalue weighted by atomic mass is 32.2. The Morgan fingerprint density at radius 1 is 1.37 bits per heavy atom. The van der Waals surface area contributed by atoms with Crippen molar-refractivity contribution in [2.45, 2.75) is 25.0 Å². The van der Waals surface area contributed by atoms with Crippen molar-refractivity contribution in [2.24, 2.45) is 0 Å². The van der Waals surface area contributed by atoms with E-state index in [1.807, 2.05) is 13.2 Å². The van der Waals surface area contributed by atoms with E-state index in [9.17, 15) is 9.59 Å². The molecule has 1 unspecified atom stereocenters. The third-order valence-corrected chi connectivity index (χ3v) is 3.83. The number of carboxylic acid groups (broad SMARTS) is 1. The summed E-state index contributed by atoms with van der Waals surface area (Å²) >= 11 is 1.70. The van der Waals surface area contributed by atoms with Crippen molar-refractivity contribution in [3.8, 4) is 0 Å². The first-order valence-electron chi connectivity index (χ1n) is 6.15. The SMILES string of the molecule is CSC(C)CNC(=O)CCc1ccccc1C(=O)O. The van der Waals surface area contributed by atoms with Gasteiger partial charge in [0, 0.05) is 18.2 Å². The molecule has 1 atom stereocenters. The summed E-state index contributed by atoms with van der Waals surface area (Å²) in [7, 11) is 0. The Morgan fingerprint density at radius 2 is 2.05 bits per heavy atom. The quantitative estimate of drug-likeness (QED) is 0.804. The standard InChI is InChI=1S/C14H19NO3S/c1-10(19-2)9-15-13(16)8-7-11-5-3-4-6-12(11)14(17)18/h3-6,10H,7-9H2,1-2H3,(H,15,16)(H,17,18). The first-order valence-corrected chi connectivity index (χ1v) is 7.44. The molecule has 1 aromatic rings. The van der Waals surface area contributed by atoms with Crippen molar-refractivity contribution in [1.29, 1.82) is 0 Å². The maximum Gasteiger partial charge on any atom is 0.335 e. The molecule has 0 aliphatic heterocycles. The lowest BCUT2D eigenvalue weighted by Crippen LogP contribution is -2.29. The average Bonchev–Trinajstić information content (AvgIpc) is 2.42. The van der Waals surface area contributed by atoms with Crippen LogP contribution in [0.15, 0.2) is 24.3 Å². The monoisotopic (exact) mass is 281 g/mol. The van der Waals surface area contributed by atoms with E-state index in [1.54, 1.807) is 36.0 Å². The van der Waals surface area contributed by atoms with Gasteiger partial charge in [0.1, 0.15) is 0 Å². The van der Waals surface area contributed by atoms with Crippen LogP contribution in [0, 0.1) is 0 Å². The van der Waals surface area contributed by atoms with Gasteiger partial charge in [0.2, 0.25) is 5.91 Å². The van der Waals surface area contributed by atoms with Crippen molar-refractivity contribution in [1.82, 2.24) is 5.32 Å². The Morgan fingerprint density at radius 3 is 2.68 bits per heavy atom. The van der Waals surface area contributed by atoms with Crippen LogP contribution >= 0.6 is 11.8 Å². The van der Waals surface area contributed by atoms with Gasteiger partial charge in [-0.25, -0.2) is 4.79 Å². The lowest BCUT2D eigenvalue weighted by molar-refractivity contribution is -0.121. The molecule has 0 aliphatic rings. The molecule has 104 valence electrons. The van der Waals surface area contributed by atoms with Gasteiger partial charge < -0.3 is 10.4 Å². The van der Waals surface area contributed by atoms with Gasteiger partial charge in [-0.05, 0) is 24.3 Å². The predicted octanol–water partition coefficient (Wildman–Crippen LogP) is 2.19. The number of thioether (sulfide) groups is 1. The summed E-state index contributed by atoms with van der Waals surface area (Å²) < 4.78 is 0. The number of hydrogen-bond acceptors (Lipinski definition) is 3. The van der Waals surface area contributed by atoms with Gasteiger partial charge in [0.25, 0.3) is 0 Å². The summed E-state index contributed by atoms with van der Waals surface area (Å²) in [6.07, 6.45) is 2.76. The Hall–Kier alpha value is -1.49. The van der Waals surface area contributed by atoms with Gasteiger partial charge >= 0.3 is 5.97 Å². The molecule has 4 nitrogen and oxygen atoms in total. The fourth-order valence-corrected chi connectivity index (χ4v) is 1.87. The fourth-order valence-electron chi connectivity index (χ4n) is 1.62. The molecule has 0 spiro atoms. The van der Waals surface area contributed by atoms with Crippen molar-refractivity contribution in [2.75, 3.05) is 12.8 Å². The van der Waals surface area contributed by atoms with Gasteiger partial charge in [-0.1, -0.05) is 25.1 Å². The number of amides is 1. The zero-order chi connectivity index (χ0) is 14.3. The van der Waals surface area contributed by atoms with Crippen LogP contribution in [-0.2, 0) is 11.2 Å². The summed E-state index contributed by atoms with van der Waals surface area (Å²) in [5.41, 5.74) is 0.968. The number of hydrogen-bond donors (Lipinski definition) is 2. The van der Waals surface area contributed by atoms with Crippen LogP contribution < -0.4 is 5.32 Å². The first-order chi connectivity index (χ1) is 9.04. The molecule has 0 saturated carbocycles. The van der Waals surface area contributed by atoms with E-state index in [4.69, 9.17) is 5.11 Å². The predicted molar refractivity (Wildman–Crippen MR) is 77.7 cm³/mol. The molecule has 19 heavy (non-hydrogen) atoms. The van der Waals surface area contributed by atoms with E-state index >= 15 is 0 Å². The second kappa shape index (κ2) is 7.84. The lowest BCUT2D eigenvalue weighted by Gasteiger charge is -2.10. The normalized spacial score (nSPS) is 11.9.